The summed E-state index contributed by atoms with van der Waals surface area (Å²) in [5.74, 6) is -0.229. The van der Waals surface area contributed by atoms with Crippen LogP contribution in [0.3, 0.4) is 0 Å². The fraction of sp³-hybridized carbons (Fsp3) is 0.286. The first-order chi connectivity index (χ1) is 17.4. The van der Waals surface area contributed by atoms with Crippen molar-refractivity contribution in [1.29, 1.82) is 5.41 Å². The molecule has 3 N–H and O–H groups in total. The van der Waals surface area contributed by atoms with Crippen LogP contribution < -0.4 is 5.73 Å². The molecule has 1 aliphatic rings. The smallest absolute Gasteiger partial charge is 0.257 e. The van der Waals surface area contributed by atoms with Crippen molar-refractivity contribution in [3.63, 3.8) is 0 Å². The van der Waals surface area contributed by atoms with E-state index >= 15 is 0 Å². The van der Waals surface area contributed by atoms with Crippen molar-refractivity contribution < 1.29 is 9.59 Å². The average Bonchev–Trinajstić information content (AvgIpc) is 2.90. The highest BCUT2D eigenvalue weighted by molar-refractivity contribution is 6.02. The van der Waals surface area contributed by atoms with E-state index in [1.54, 1.807) is 23.9 Å². The zero-order valence-corrected chi connectivity index (χ0v) is 20.7. The summed E-state index contributed by atoms with van der Waals surface area (Å²) in [7, 11) is 3.50. The first-order valence-electron chi connectivity index (χ1n) is 12.0. The fourth-order valence-electron chi connectivity index (χ4n) is 4.75. The first kappa shape index (κ1) is 25.1. The van der Waals surface area contributed by atoms with E-state index in [0.717, 1.165) is 17.3 Å². The summed E-state index contributed by atoms with van der Waals surface area (Å²) in [6.45, 7) is 1.45. The van der Waals surface area contributed by atoms with Gasteiger partial charge in [-0.15, -0.1) is 0 Å². The summed E-state index contributed by atoms with van der Waals surface area (Å²) in [6.07, 6.45) is 4.30. The zero-order chi connectivity index (χ0) is 25.7. The number of anilines is 1. The largest absolute Gasteiger partial charge is 0.397 e. The van der Waals surface area contributed by atoms with Gasteiger partial charge in [-0.2, -0.15) is 0 Å². The quantitative estimate of drug-likeness (QED) is 0.502. The van der Waals surface area contributed by atoms with Crippen molar-refractivity contribution >= 4 is 23.7 Å². The monoisotopic (exact) mass is 484 g/mol. The third-order valence-corrected chi connectivity index (χ3v) is 6.69. The second-order valence-electron chi connectivity index (χ2n) is 9.19. The molecule has 2 heterocycles. The number of nitrogens with one attached hydrogen (secondary N) is 1. The van der Waals surface area contributed by atoms with Crippen molar-refractivity contribution in [2.24, 2.45) is 0 Å². The number of hydrogen-bond acceptors (Lipinski definition) is 6. The molecule has 0 saturated carbocycles. The highest BCUT2D eigenvalue weighted by atomic mass is 16.2. The number of nitrogens with zero attached hydrogens (tertiary/aromatic N) is 4. The summed E-state index contributed by atoms with van der Waals surface area (Å²) >= 11 is 0. The minimum atomic E-state index is -0.235. The molecule has 1 aromatic heterocycles. The van der Waals surface area contributed by atoms with Crippen LogP contribution >= 0.6 is 0 Å². The van der Waals surface area contributed by atoms with Crippen molar-refractivity contribution in [3.05, 3.63) is 95.3 Å². The molecule has 4 rings (SSSR count). The third-order valence-electron chi connectivity index (χ3n) is 6.69. The van der Waals surface area contributed by atoms with Crippen molar-refractivity contribution in [1.82, 2.24) is 19.7 Å². The van der Waals surface area contributed by atoms with Gasteiger partial charge in [-0.25, -0.2) is 0 Å². The summed E-state index contributed by atoms with van der Waals surface area (Å²) in [5.41, 5.74) is 9.39. The van der Waals surface area contributed by atoms with E-state index in [0.29, 0.717) is 25.2 Å². The Labute approximate surface area is 211 Å². The van der Waals surface area contributed by atoms with Crippen LogP contribution in [0.1, 0.15) is 39.5 Å². The molecule has 2 amide bonds. The molecule has 0 aliphatic carbocycles. The molecule has 0 unspecified atom stereocenters. The predicted octanol–water partition coefficient (Wildman–Crippen LogP) is 3.06. The normalized spacial score (nSPS) is 16.1. The molecule has 1 fully saturated rings. The van der Waals surface area contributed by atoms with Gasteiger partial charge in [0.1, 0.15) is 0 Å². The fourth-order valence-corrected chi connectivity index (χ4v) is 4.75. The number of carbonyl (C=O) groups is 2. The maximum Gasteiger partial charge on any atom is 0.257 e. The van der Waals surface area contributed by atoms with Gasteiger partial charge < -0.3 is 20.9 Å². The number of hydrogen-bond donors (Lipinski definition) is 2. The number of pyridine rings is 1. The maximum absolute atomic E-state index is 13.5. The molecule has 1 aliphatic heterocycles. The van der Waals surface area contributed by atoms with Gasteiger partial charge in [0, 0.05) is 70.4 Å². The molecule has 3 aromatic rings. The van der Waals surface area contributed by atoms with Crippen LogP contribution in [0.4, 0.5) is 5.69 Å². The second-order valence-corrected chi connectivity index (χ2v) is 9.19. The number of nitrogen functional groups attached to an aromatic ring is 1. The number of amides is 2. The highest BCUT2D eigenvalue weighted by Gasteiger charge is 2.37. The predicted molar refractivity (Wildman–Crippen MR) is 141 cm³/mol. The van der Waals surface area contributed by atoms with E-state index in [1.807, 2.05) is 36.4 Å². The Bertz CT molecular complexity index is 1180. The minimum absolute atomic E-state index is 0.00570. The lowest BCUT2D eigenvalue weighted by molar-refractivity contribution is -0.130. The standard InChI is InChI=1S/C28H32N6O2/c1-32(2)25(35)15-23-19-33(28(36)24-18-31-17-22(16-29)26(24)30)13-14-34(23)27(20-9-5-3-6-10-20)21-11-7-4-8-12-21/h3-12,16-18,23,27,29H,13-15,19H2,1-2H3,(H2,30,31)/t23-/m1/s1. The van der Waals surface area contributed by atoms with Crippen LogP contribution in [-0.4, -0.2) is 77.5 Å². The molecular formula is C28H32N6O2. The second kappa shape index (κ2) is 11.1. The average molecular weight is 485 g/mol. The van der Waals surface area contributed by atoms with Crippen LogP contribution in [0.25, 0.3) is 0 Å². The summed E-state index contributed by atoms with van der Waals surface area (Å²) < 4.78 is 0. The van der Waals surface area contributed by atoms with Crippen LogP contribution in [-0.2, 0) is 4.79 Å². The van der Waals surface area contributed by atoms with E-state index in [2.05, 4.69) is 34.1 Å². The van der Waals surface area contributed by atoms with E-state index in [4.69, 9.17) is 11.1 Å². The number of rotatable bonds is 7. The lowest BCUT2D eigenvalue weighted by Crippen LogP contribution is -2.56. The van der Waals surface area contributed by atoms with Gasteiger partial charge in [0.05, 0.1) is 17.3 Å². The molecule has 186 valence electrons. The Kier molecular flexibility index (Phi) is 7.75. The molecule has 1 atom stereocenters. The van der Waals surface area contributed by atoms with Crippen LogP contribution in [0.15, 0.2) is 73.1 Å². The Morgan fingerprint density at radius 1 is 1.06 bits per heavy atom. The SMILES string of the molecule is CN(C)C(=O)C[C@@H]1CN(C(=O)c2cncc(C=N)c2N)CCN1C(c1ccccc1)c1ccccc1. The van der Waals surface area contributed by atoms with Crippen molar-refractivity contribution in [3.8, 4) is 0 Å². The zero-order valence-electron chi connectivity index (χ0n) is 20.7. The molecule has 8 heteroatoms. The number of carbonyl (C=O) groups excluding carboxylic acids is 2. The van der Waals surface area contributed by atoms with E-state index in [1.165, 1.54) is 12.4 Å². The van der Waals surface area contributed by atoms with Gasteiger partial charge >= 0.3 is 0 Å². The number of nitrogens with two attached hydrogens (primary N) is 1. The van der Waals surface area contributed by atoms with Gasteiger partial charge in [-0.1, -0.05) is 60.7 Å². The van der Waals surface area contributed by atoms with Gasteiger partial charge in [0.2, 0.25) is 5.91 Å². The molecule has 0 spiro atoms. The maximum atomic E-state index is 13.5. The van der Waals surface area contributed by atoms with Crippen LogP contribution in [0.2, 0.25) is 0 Å². The summed E-state index contributed by atoms with van der Waals surface area (Å²) in [5, 5.41) is 7.53. The van der Waals surface area contributed by atoms with Gasteiger partial charge in [0.25, 0.3) is 5.91 Å². The third kappa shape index (κ3) is 5.28. The summed E-state index contributed by atoms with van der Waals surface area (Å²) in [6, 6.07) is 20.3. The Morgan fingerprint density at radius 2 is 1.67 bits per heavy atom. The molecule has 8 nitrogen and oxygen atoms in total. The van der Waals surface area contributed by atoms with Crippen LogP contribution in [0.5, 0.6) is 0 Å². The molecule has 1 saturated heterocycles. The Balaban J connectivity index is 1.69. The van der Waals surface area contributed by atoms with E-state index in [9.17, 15) is 9.59 Å². The highest BCUT2D eigenvalue weighted by Crippen LogP contribution is 2.33. The topological polar surface area (TPSA) is 107 Å². The molecule has 36 heavy (non-hydrogen) atoms. The first-order valence-corrected chi connectivity index (χ1v) is 12.0. The van der Waals surface area contributed by atoms with Gasteiger partial charge in [0.15, 0.2) is 0 Å². The molecule has 0 bridgehead atoms. The van der Waals surface area contributed by atoms with E-state index in [-0.39, 0.29) is 41.6 Å². The lowest BCUT2D eigenvalue weighted by Gasteiger charge is -2.45. The van der Waals surface area contributed by atoms with Crippen molar-refractivity contribution in [2.45, 2.75) is 18.5 Å². The Hall–Kier alpha value is -4.04. The van der Waals surface area contributed by atoms with Gasteiger partial charge in [-0.05, 0) is 11.1 Å². The van der Waals surface area contributed by atoms with Crippen LogP contribution in [0, 0.1) is 5.41 Å². The minimum Gasteiger partial charge on any atom is -0.397 e. The lowest BCUT2D eigenvalue weighted by atomic mass is 9.93. The molecular weight excluding hydrogens is 452 g/mol. The van der Waals surface area contributed by atoms with Crippen molar-refractivity contribution in [2.75, 3.05) is 39.5 Å². The number of aromatic nitrogens is 1. The Morgan fingerprint density at radius 3 is 2.22 bits per heavy atom. The summed E-state index contributed by atoms with van der Waals surface area (Å²) in [4.78, 5) is 36.1. The molecule has 2 aromatic carbocycles. The number of benzene rings is 2. The van der Waals surface area contributed by atoms with E-state index < -0.39 is 0 Å². The van der Waals surface area contributed by atoms with Gasteiger partial charge in [-0.3, -0.25) is 19.5 Å². The number of piperazine rings is 1. The molecule has 0 radical (unpaired) electrons.